The Morgan fingerprint density at radius 2 is 1.51 bits per heavy atom. The van der Waals surface area contributed by atoms with Crippen molar-refractivity contribution in [1.82, 2.24) is 20.9 Å². The lowest BCUT2D eigenvalue weighted by molar-refractivity contribution is -0.142. The highest BCUT2D eigenvalue weighted by molar-refractivity contribution is 5.94. The first-order valence-electron chi connectivity index (χ1n) is 13.7. The normalized spacial score (nSPS) is 13.7. The molecule has 0 spiro atoms. The van der Waals surface area contributed by atoms with Gasteiger partial charge in [-0.2, -0.15) is 0 Å². The Hall–Kier alpha value is -5.11. The minimum absolute atomic E-state index is 0.0111. The first-order chi connectivity index (χ1) is 20.4. The van der Waals surface area contributed by atoms with Gasteiger partial charge in [-0.15, -0.1) is 0 Å². The van der Waals surface area contributed by atoms with Gasteiger partial charge in [0.15, 0.2) is 5.96 Å². The molecule has 4 unspecified atom stereocenters. The Labute approximate surface area is 248 Å². The van der Waals surface area contributed by atoms with Gasteiger partial charge in [-0.1, -0.05) is 30.3 Å². The molecule has 230 valence electrons. The van der Waals surface area contributed by atoms with E-state index in [1.54, 1.807) is 18.3 Å². The summed E-state index contributed by atoms with van der Waals surface area (Å²) in [5, 5.41) is 28.2. The number of carboxylic acid groups (broad SMARTS) is 1. The number of amides is 3. The number of nitrogens with one attached hydrogen (secondary N) is 4. The van der Waals surface area contributed by atoms with Crippen LogP contribution in [-0.2, 0) is 32.0 Å². The Bertz CT molecular complexity index is 1450. The van der Waals surface area contributed by atoms with E-state index in [-0.39, 0.29) is 37.5 Å². The maximum Gasteiger partial charge on any atom is 0.326 e. The fourth-order valence-corrected chi connectivity index (χ4v) is 4.42. The molecule has 0 radical (unpaired) electrons. The second-order valence-electron chi connectivity index (χ2n) is 10.2. The average molecular weight is 595 g/mol. The molecule has 3 aromatic rings. The highest BCUT2D eigenvalue weighted by Crippen LogP contribution is 2.19. The second kappa shape index (κ2) is 15.2. The summed E-state index contributed by atoms with van der Waals surface area (Å²) in [4.78, 5) is 58.5. The number of carbonyl (C=O) groups excluding carboxylic acids is 3. The summed E-state index contributed by atoms with van der Waals surface area (Å²) in [6.45, 7) is 1.66. The molecule has 1 aromatic heterocycles. The molecule has 0 bridgehead atoms. The van der Waals surface area contributed by atoms with Crippen molar-refractivity contribution >= 4 is 40.6 Å². The van der Waals surface area contributed by atoms with Crippen molar-refractivity contribution in [2.24, 2.45) is 22.2 Å². The summed E-state index contributed by atoms with van der Waals surface area (Å²) < 4.78 is 0. The number of phenolic OH excluding ortho intramolecular Hbond substituents is 1. The number of phenols is 1. The van der Waals surface area contributed by atoms with Gasteiger partial charge in [-0.3, -0.25) is 19.4 Å². The summed E-state index contributed by atoms with van der Waals surface area (Å²) in [7, 11) is 0. The lowest BCUT2D eigenvalue weighted by atomic mass is 10.0. The number of hydrogen-bond acceptors (Lipinski definition) is 7. The number of carbonyl (C=O) groups is 4. The van der Waals surface area contributed by atoms with Crippen LogP contribution in [0.4, 0.5) is 0 Å². The van der Waals surface area contributed by atoms with E-state index in [1.165, 1.54) is 19.1 Å². The zero-order chi connectivity index (χ0) is 31.5. The summed E-state index contributed by atoms with van der Waals surface area (Å²) in [5.74, 6) is -3.36. The van der Waals surface area contributed by atoms with Crippen LogP contribution in [0.1, 0.15) is 30.9 Å². The fourth-order valence-electron chi connectivity index (χ4n) is 4.42. The Morgan fingerprint density at radius 3 is 2.16 bits per heavy atom. The summed E-state index contributed by atoms with van der Waals surface area (Å²) >= 11 is 0. The smallest absolute Gasteiger partial charge is 0.326 e. The molecule has 0 fully saturated rings. The van der Waals surface area contributed by atoms with Gasteiger partial charge >= 0.3 is 5.97 Å². The number of carboxylic acids is 1. The number of H-pyrrole nitrogens is 1. The third-order valence-corrected chi connectivity index (χ3v) is 6.71. The van der Waals surface area contributed by atoms with E-state index in [2.05, 4.69) is 25.9 Å². The van der Waals surface area contributed by atoms with Gasteiger partial charge in [0.05, 0.1) is 6.04 Å². The Kier molecular flexibility index (Phi) is 11.5. The molecular formula is C29H38N8O6. The quantitative estimate of drug-likeness (QED) is 0.0629. The molecule has 2 aromatic carbocycles. The molecule has 3 amide bonds. The number of nitrogens with zero attached hydrogens (tertiary/aromatic N) is 1. The molecule has 1 heterocycles. The monoisotopic (exact) mass is 594 g/mol. The number of fused-ring (bicyclic) bond motifs is 1. The van der Waals surface area contributed by atoms with Crippen LogP contribution < -0.4 is 33.2 Å². The Morgan fingerprint density at radius 1 is 0.884 bits per heavy atom. The molecule has 0 aliphatic heterocycles. The van der Waals surface area contributed by atoms with Gasteiger partial charge in [-0.25, -0.2) is 4.79 Å². The number of aliphatic carboxylic acids is 1. The maximum absolute atomic E-state index is 13.5. The molecule has 14 nitrogen and oxygen atoms in total. The van der Waals surface area contributed by atoms with E-state index in [0.29, 0.717) is 17.5 Å². The van der Waals surface area contributed by atoms with E-state index < -0.39 is 47.9 Å². The predicted octanol–water partition coefficient (Wildman–Crippen LogP) is -0.401. The maximum atomic E-state index is 13.5. The Balaban J connectivity index is 1.82. The third-order valence-electron chi connectivity index (χ3n) is 6.71. The number of para-hydroxylation sites is 1. The van der Waals surface area contributed by atoms with Crippen molar-refractivity contribution in [2.75, 3.05) is 6.54 Å². The van der Waals surface area contributed by atoms with E-state index in [1.807, 2.05) is 24.3 Å². The lowest BCUT2D eigenvalue weighted by Crippen LogP contribution is -2.57. The van der Waals surface area contributed by atoms with Crippen LogP contribution in [0, 0.1) is 0 Å². The number of rotatable bonds is 15. The van der Waals surface area contributed by atoms with Gasteiger partial charge in [0.2, 0.25) is 17.7 Å². The first-order valence-corrected chi connectivity index (χ1v) is 13.7. The number of guanidine groups is 1. The number of aliphatic imine (C=N–C) groups is 1. The van der Waals surface area contributed by atoms with E-state index >= 15 is 0 Å². The van der Waals surface area contributed by atoms with Crippen molar-refractivity contribution < 1.29 is 29.4 Å². The number of aromatic hydroxyl groups is 1. The van der Waals surface area contributed by atoms with Crippen LogP contribution in [0.5, 0.6) is 5.75 Å². The molecule has 12 N–H and O–H groups in total. The van der Waals surface area contributed by atoms with Crippen LogP contribution in [-0.4, -0.2) is 75.6 Å². The average Bonchev–Trinajstić information content (AvgIpc) is 3.37. The second-order valence-corrected chi connectivity index (χ2v) is 10.2. The van der Waals surface area contributed by atoms with Crippen LogP contribution in [0.3, 0.4) is 0 Å². The van der Waals surface area contributed by atoms with Crippen molar-refractivity contribution in [3.8, 4) is 5.75 Å². The van der Waals surface area contributed by atoms with Crippen LogP contribution in [0.2, 0.25) is 0 Å². The van der Waals surface area contributed by atoms with Gasteiger partial charge in [-0.05, 0) is 49.1 Å². The first kappa shape index (κ1) is 32.4. The molecule has 14 heteroatoms. The molecule has 4 atom stereocenters. The molecule has 3 rings (SSSR count). The highest BCUT2D eigenvalue weighted by atomic mass is 16.4. The molecule has 0 aliphatic rings. The summed E-state index contributed by atoms with van der Waals surface area (Å²) in [5.41, 5.74) is 18.5. The topological polar surface area (TPSA) is 251 Å². The summed E-state index contributed by atoms with van der Waals surface area (Å²) in [6.07, 6.45) is 2.11. The standard InChI is InChI=1S/C29H38N8O6/c1-16(30)25(39)35-22(7-4-12-33-29(31)32)26(40)36-23(13-17-8-10-19(38)11-9-17)27(41)37-24(28(42)43)14-18-15-34-21-6-3-2-5-20(18)21/h2-3,5-6,8-11,15-16,22-24,34,38H,4,7,12-14,30H2,1H3,(H,35,39)(H,36,40)(H,37,41)(H,42,43)(H4,31,32,33). The van der Waals surface area contributed by atoms with Crippen molar-refractivity contribution in [3.05, 3.63) is 65.9 Å². The van der Waals surface area contributed by atoms with Crippen molar-refractivity contribution in [1.29, 1.82) is 0 Å². The molecule has 0 saturated heterocycles. The number of nitrogens with two attached hydrogens (primary N) is 3. The largest absolute Gasteiger partial charge is 0.508 e. The van der Waals surface area contributed by atoms with E-state index in [9.17, 15) is 29.4 Å². The number of hydrogen-bond donors (Lipinski definition) is 9. The van der Waals surface area contributed by atoms with Crippen LogP contribution in [0.25, 0.3) is 10.9 Å². The molecule has 0 saturated carbocycles. The molecule has 43 heavy (non-hydrogen) atoms. The molecule has 0 aliphatic carbocycles. The van der Waals surface area contributed by atoms with Crippen LogP contribution >= 0.6 is 0 Å². The fraction of sp³-hybridized carbons (Fsp3) is 0.345. The van der Waals surface area contributed by atoms with E-state index in [0.717, 1.165) is 10.9 Å². The highest BCUT2D eigenvalue weighted by Gasteiger charge is 2.30. The molecular weight excluding hydrogens is 556 g/mol. The van der Waals surface area contributed by atoms with Gasteiger partial charge in [0, 0.05) is 36.5 Å². The van der Waals surface area contributed by atoms with E-state index in [4.69, 9.17) is 17.2 Å². The SMILES string of the molecule is CC(N)C(=O)NC(CCCN=C(N)N)C(=O)NC(Cc1ccc(O)cc1)C(=O)NC(Cc1c[nH]c2ccccc12)C(=O)O. The number of benzene rings is 2. The van der Waals surface area contributed by atoms with Crippen LogP contribution in [0.15, 0.2) is 59.7 Å². The minimum Gasteiger partial charge on any atom is -0.508 e. The lowest BCUT2D eigenvalue weighted by Gasteiger charge is -2.25. The zero-order valence-corrected chi connectivity index (χ0v) is 23.7. The number of aromatic nitrogens is 1. The minimum atomic E-state index is -1.31. The predicted molar refractivity (Wildman–Crippen MR) is 161 cm³/mol. The third kappa shape index (κ3) is 9.74. The zero-order valence-electron chi connectivity index (χ0n) is 23.7. The summed E-state index contributed by atoms with van der Waals surface area (Å²) in [6, 6.07) is 8.88. The van der Waals surface area contributed by atoms with Gasteiger partial charge < -0.3 is 48.3 Å². The van der Waals surface area contributed by atoms with Gasteiger partial charge in [0.1, 0.15) is 23.9 Å². The number of aromatic amines is 1. The van der Waals surface area contributed by atoms with Crippen molar-refractivity contribution in [3.63, 3.8) is 0 Å². The van der Waals surface area contributed by atoms with Gasteiger partial charge in [0.25, 0.3) is 0 Å². The van der Waals surface area contributed by atoms with Crippen molar-refractivity contribution in [2.45, 2.75) is 56.8 Å².